The van der Waals surface area contributed by atoms with Gasteiger partial charge in [-0.1, -0.05) is 13.8 Å². The van der Waals surface area contributed by atoms with Crippen molar-refractivity contribution in [3.05, 3.63) is 29.7 Å². The number of nitrogens with zero attached hydrogens (tertiary/aromatic N) is 2. The molecular weight excluding hydrogens is 224 g/mol. The summed E-state index contributed by atoms with van der Waals surface area (Å²) < 4.78 is 0. The largest absolute Gasteiger partial charge is 0.370 e. The highest BCUT2D eigenvalue weighted by molar-refractivity contribution is 5.65. The molecule has 96 valence electrons. The fraction of sp³-hybridized carbons (Fsp3) is 0.429. The van der Waals surface area contributed by atoms with E-state index in [1.165, 1.54) is 0 Å². The topological polar surface area (TPSA) is 53.6 Å². The molecule has 0 aromatic carbocycles. The molecule has 0 saturated carbocycles. The van der Waals surface area contributed by atoms with E-state index in [2.05, 4.69) is 48.0 Å². The first-order valence-electron chi connectivity index (χ1n) is 6.39. The minimum atomic E-state index is 0.316. The van der Waals surface area contributed by atoms with E-state index in [1.54, 1.807) is 0 Å². The van der Waals surface area contributed by atoms with Crippen LogP contribution in [0.25, 0.3) is 11.4 Å². The van der Waals surface area contributed by atoms with Gasteiger partial charge in [0.15, 0.2) is 0 Å². The second-order valence-electron chi connectivity index (χ2n) is 4.67. The molecule has 0 aliphatic rings. The lowest BCUT2D eigenvalue weighted by Crippen LogP contribution is -2.09. The molecule has 0 unspecified atom stereocenters. The van der Waals surface area contributed by atoms with Gasteiger partial charge in [-0.2, -0.15) is 0 Å². The molecule has 2 N–H and O–H groups in total. The molecule has 0 fully saturated rings. The summed E-state index contributed by atoms with van der Waals surface area (Å²) >= 11 is 0. The van der Waals surface area contributed by atoms with Crippen LogP contribution >= 0.6 is 0 Å². The van der Waals surface area contributed by atoms with Crippen molar-refractivity contribution < 1.29 is 0 Å². The Bertz CT molecular complexity index is 515. The Morgan fingerprint density at radius 2 is 2.11 bits per heavy atom. The van der Waals surface area contributed by atoms with Crippen molar-refractivity contribution in [2.45, 2.75) is 33.6 Å². The Labute approximate surface area is 108 Å². The summed E-state index contributed by atoms with van der Waals surface area (Å²) in [6, 6.07) is 4.02. The SMILES string of the molecule is CCNc1nc(C(C)C)nc(-c2ccc[nH]2)c1C. The minimum Gasteiger partial charge on any atom is -0.370 e. The summed E-state index contributed by atoms with van der Waals surface area (Å²) in [7, 11) is 0. The maximum absolute atomic E-state index is 4.67. The molecule has 0 spiro atoms. The summed E-state index contributed by atoms with van der Waals surface area (Å²) in [5.74, 6) is 2.12. The molecule has 0 aliphatic heterocycles. The highest BCUT2D eigenvalue weighted by atomic mass is 15.0. The van der Waals surface area contributed by atoms with Crippen LogP contribution in [0.3, 0.4) is 0 Å². The lowest BCUT2D eigenvalue weighted by molar-refractivity contribution is 0.773. The van der Waals surface area contributed by atoms with E-state index < -0.39 is 0 Å². The van der Waals surface area contributed by atoms with E-state index in [4.69, 9.17) is 0 Å². The van der Waals surface area contributed by atoms with Crippen LogP contribution in [-0.4, -0.2) is 21.5 Å². The van der Waals surface area contributed by atoms with Crippen molar-refractivity contribution in [1.29, 1.82) is 0 Å². The predicted molar refractivity (Wildman–Crippen MR) is 74.8 cm³/mol. The van der Waals surface area contributed by atoms with Crippen LogP contribution in [0.5, 0.6) is 0 Å². The van der Waals surface area contributed by atoms with Gasteiger partial charge in [0.05, 0.1) is 11.4 Å². The smallest absolute Gasteiger partial charge is 0.134 e. The van der Waals surface area contributed by atoms with Gasteiger partial charge in [0.25, 0.3) is 0 Å². The van der Waals surface area contributed by atoms with Gasteiger partial charge in [0.1, 0.15) is 11.6 Å². The van der Waals surface area contributed by atoms with Crippen molar-refractivity contribution >= 4 is 5.82 Å². The fourth-order valence-corrected chi connectivity index (χ4v) is 1.87. The molecule has 0 bridgehead atoms. The summed E-state index contributed by atoms with van der Waals surface area (Å²) in [5.41, 5.74) is 3.11. The Morgan fingerprint density at radius 3 is 2.67 bits per heavy atom. The number of hydrogen-bond acceptors (Lipinski definition) is 3. The standard InChI is InChI=1S/C14H20N4/c1-5-15-14-10(4)12(11-7-6-8-16-11)17-13(18-14)9(2)3/h6-9,16H,5H2,1-4H3,(H,15,17,18). The van der Waals surface area contributed by atoms with Crippen LogP contribution in [0.1, 0.15) is 38.1 Å². The Morgan fingerprint density at radius 1 is 1.33 bits per heavy atom. The zero-order chi connectivity index (χ0) is 13.1. The van der Waals surface area contributed by atoms with Crippen molar-refractivity contribution in [2.24, 2.45) is 0 Å². The molecule has 0 saturated heterocycles. The molecule has 0 amide bonds. The number of anilines is 1. The zero-order valence-electron chi connectivity index (χ0n) is 11.4. The molecule has 18 heavy (non-hydrogen) atoms. The first kappa shape index (κ1) is 12.6. The quantitative estimate of drug-likeness (QED) is 0.867. The van der Waals surface area contributed by atoms with E-state index in [0.717, 1.165) is 35.1 Å². The van der Waals surface area contributed by atoms with Gasteiger partial charge < -0.3 is 10.3 Å². The van der Waals surface area contributed by atoms with Gasteiger partial charge in [-0.05, 0) is 26.0 Å². The minimum absolute atomic E-state index is 0.316. The highest BCUT2D eigenvalue weighted by Crippen LogP contribution is 2.26. The summed E-state index contributed by atoms with van der Waals surface area (Å²) in [4.78, 5) is 12.5. The number of rotatable bonds is 4. The van der Waals surface area contributed by atoms with E-state index in [-0.39, 0.29) is 0 Å². The molecule has 2 rings (SSSR count). The van der Waals surface area contributed by atoms with E-state index in [9.17, 15) is 0 Å². The van der Waals surface area contributed by atoms with Gasteiger partial charge in [0.2, 0.25) is 0 Å². The summed E-state index contributed by atoms with van der Waals surface area (Å²) in [6.45, 7) is 9.21. The van der Waals surface area contributed by atoms with Crippen LogP contribution in [0.15, 0.2) is 18.3 Å². The van der Waals surface area contributed by atoms with Crippen LogP contribution in [0, 0.1) is 6.92 Å². The first-order chi connectivity index (χ1) is 8.63. The molecule has 0 aliphatic carbocycles. The number of aromatic amines is 1. The molecular formula is C14H20N4. The zero-order valence-corrected chi connectivity index (χ0v) is 11.4. The van der Waals surface area contributed by atoms with Crippen molar-refractivity contribution in [1.82, 2.24) is 15.0 Å². The van der Waals surface area contributed by atoms with Crippen molar-refractivity contribution in [2.75, 3.05) is 11.9 Å². The molecule has 4 nitrogen and oxygen atoms in total. The second kappa shape index (κ2) is 5.21. The van der Waals surface area contributed by atoms with E-state index in [1.807, 2.05) is 18.3 Å². The Hall–Kier alpha value is -1.84. The number of nitrogens with one attached hydrogen (secondary N) is 2. The lowest BCUT2D eigenvalue weighted by atomic mass is 10.1. The first-order valence-corrected chi connectivity index (χ1v) is 6.39. The molecule has 2 aromatic rings. The van der Waals surface area contributed by atoms with Gasteiger partial charge in [-0.25, -0.2) is 9.97 Å². The predicted octanol–water partition coefficient (Wildman–Crippen LogP) is 3.34. The Balaban J connectivity index is 2.57. The third kappa shape index (κ3) is 2.37. The van der Waals surface area contributed by atoms with Gasteiger partial charge in [-0.3, -0.25) is 0 Å². The summed E-state index contributed by atoms with van der Waals surface area (Å²) in [6.07, 6.45) is 1.92. The fourth-order valence-electron chi connectivity index (χ4n) is 1.87. The van der Waals surface area contributed by atoms with E-state index in [0.29, 0.717) is 5.92 Å². The van der Waals surface area contributed by atoms with Gasteiger partial charge >= 0.3 is 0 Å². The average molecular weight is 244 g/mol. The van der Waals surface area contributed by atoms with Crippen LogP contribution in [-0.2, 0) is 0 Å². The maximum atomic E-state index is 4.67. The number of hydrogen-bond donors (Lipinski definition) is 2. The monoisotopic (exact) mass is 244 g/mol. The highest BCUT2D eigenvalue weighted by Gasteiger charge is 2.14. The molecule has 0 atom stereocenters. The van der Waals surface area contributed by atoms with Crippen LogP contribution in [0.4, 0.5) is 5.82 Å². The van der Waals surface area contributed by atoms with E-state index >= 15 is 0 Å². The normalized spacial score (nSPS) is 10.9. The maximum Gasteiger partial charge on any atom is 0.134 e. The second-order valence-corrected chi connectivity index (χ2v) is 4.67. The third-order valence-corrected chi connectivity index (χ3v) is 2.88. The van der Waals surface area contributed by atoms with Gasteiger partial charge in [-0.15, -0.1) is 0 Å². The Kier molecular flexibility index (Phi) is 3.65. The summed E-state index contributed by atoms with van der Waals surface area (Å²) in [5, 5.41) is 3.31. The van der Waals surface area contributed by atoms with Crippen LogP contribution < -0.4 is 5.32 Å². The molecule has 2 heterocycles. The van der Waals surface area contributed by atoms with Crippen LogP contribution in [0.2, 0.25) is 0 Å². The van der Waals surface area contributed by atoms with Gasteiger partial charge in [0, 0.05) is 24.2 Å². The number of aromatic nitrogens is 3. The van der Waals surface area contributed by atoms with Crippen molar-refractivity contribution in [3.8, 4) is 11.4 Å². The van der Waals surface area contributed by atoms with Crippen molar-refractivity contribution in [3.63, 3.8) is 0 Å². The molecule has 2 aromatic heterocycles. The average Bonchev–Trinajstić information content (AvgIpc) is 2.85. The number of H-pyrrole nitrogens is 1. The molecule has 4 heteroatoms. The lowest BCUT2D eigenvalue weighted by Gasteiger charge is -2.14. The molecule has 0 radical (unpaired) electrons. The third-order valence-electron chi connectivity index (χ3n) is 2.88.